The number of hydrogen-bond donors (Lipinski definition) is 2. The van der Waals surface area contributed by atoms with Crippen LogP contribution in [0.15, 0.2) is 48.5 Å². The lowest BCUT2D eigenvalue weighted by Gasteiger charge is -1.98. The average Bonchev–Trinajstić information content (AvgIpc) is 3.48. The molecule has 0 aromatic heterocycles. The Bertz CT molecular complexity index is 640. The Balaban J connectivity index is 0.000000241. The third kappa shape index (κ3) is 5.92. The Labute approximate surface area is 166 Å². The molecule has 0 radical (unpaired) electrons. The van der Waals surface area contributed by atoms with E-state index in [1.165, 1.54) is 12.1 Å². The minimum atomic E-state index is -0.143. The highest BCUT2D eigenvalue weighted by Crippen LogP contribution is 2.47. The highest BCUT2D eigenvalue weighted by atomic mass is 35.5. The molecule has 2 saturated carbocycles. The summed E-state index contributed by atoms with van der Waals surface area (Å²) in [5, 5.41) is 0. The second-order valence-electron chi connectivity index (χ2n) is 6.79. The Kier molecular flexibility index (Phi) is 8.97. The van der Waals surface area contributed by atoms with Gasteiger partial charge in [-0.3, -0.25) is 0 Å². The molecule has 2 aromatic rings. The predicted molar refractivity (Wildman–Crippen MR) is 107 cm³/mol. The van der Waals surface area contributed by atoms with Gasteiger partial charge in [0.1, 0.15) is 11.6 Å². The molecule has 4 N–H and O–H groups in total. The normalized spacial score (nSPS) is 25.1. The maximum absolute atomic E-state index is 12.8. The molecule has 0 heterocycles. The SMILES string of the molecule is Cl.Cl.NC[C@@H]1C[C@H]1c1cccc(F)c1.NC[C@H]1C[C@@H]1c1cccc(F)c1. The summed E-state index contributed by atoms with van der Waals surface area (Å²) < 4.78 is 25.5. The molecule has 0 bridgehead atoms. The van der Waals surface area contributed by atoms with E-state index in [0.29, 0.717) is 23.7 Å². The van der Waals surface area contributed by atoms with Gasteiger partial charge >= 0.3 is 0 Å². The Hall–Kier alpha value is -1.20. The summed E-state index contributed by atoms with van der Waals surface area (Å²) in [5.74, 6) is 1.93. The first-order chi connectivity index (χ1) is 11.6. The smallest absolute Gasteiger partial charge is 0.123 e. The highest BCUT2D eigenvalue weighted by molar-refractivity contribution is 5.85. The van der Waals surface area contributed by atoms with Crippen LogP contribution in [0.25, 0.3) is 0 Å². The first kappa shape index (κ1) is 22.8. The lowest BCUT2D eigenvalue weighted by Crippen LogP contribution is -2.01. The fourth-order valence-corrected chi connectivity index (χ4v) is 3.31. The van der Waals surface area contributed by atoms with Crippen LogP contribution < -0.4 is 11.5 Å². The van der Waals surface area contributed by atoms with Crippen LogP contribution in [0.1, 0.15) is 35.8 Å². The van der Waals surface area contributed by atoms with Crippen molar-refractivity contribution in [2.75, 3.05) is 13.1 Å². The highest BCUT2D eigenvalue weighted by Gasteiger charge is 2.37. The molecule has 0 aliphatic heterocycles. The molecule has 2 aliphatic carbocycles. The lowest BCUT2D eigenvalue weighted by atomic mass is 10.1. The third-order valence-corrected chi connectivity index (χ3v) is 5.00. The molecule has 2 aliphatic rings. The summed E-state index contributed by atoms with van der Waals surface area (Å²) in [6, 6.07) is 13.6. The van der Waals surface area contributed by atoms with E-state index in [1.807, 2.05) is 12.1 Å². The van der Waals surface area contributed by atoms with Crippen molar-refractivity contribution in [3.63, 3.8) is 0 Å². The molecular formula is C20H26Cl2F2N2. The van der Waals surface area contributed by atoms with Crippen LogP contribution in [0.3, 0.4) is 0 Å². The number of benzene rings is 2. The minimum Gasteiger partial charge on any atom is -0.330 e. The molecule has 2 aromatic carbocycles. The van der Waals surface area contributed by atoms with Gasteiger partial charge in [-0.2, -0.15) is 0 Å². The Morgan fingerprint density at radius 2 is 1.12 bits per heavy atom. The van der Waals surface area contributed by atoms with E-state index in [-0.39, 0.29) is 36.4 Å². The number of rotatable bonds is 4. The van der Waals surface area contributed by atoms with Gasteiger partial charge in [0, 0.05) is 0 Å². The van der Waals surface area contributed by atoms with Crippen molar-refractivity contribution in [1.82, 2.24) is 0 Å². The van der Waals surface area contributed by atoms with Gasteiger partial charge in [-0.25, -0.2) is 8.78 Å². The molecule has 26 heavy (non-hydrogen) atoms. The van der Waals surface area contributed by atoms with Crippen molar-refractivity contribution in [3.05, 3.63) is 71.3 Å². The Morgan fingerprint density at radius 3 is 1.38 bits per heavy atom. The first-order valence-electron chi connectivity index (χ1n) is 8.53. The lowest BCUT2D eigenvalue weighted by molar-refractivity contribution is 0.624. The van der Waals surface area contributed by atoms with Crippen LogP contribution in [-0.4, -0.2) is 13.1 Å². The summed E-state index contributed by atoms with van der Waals surface area (Å²) in [7, 11) is 0. The maximum atomic E-state index is 12.8. The standard InChI is InChI=1S/2C10H12FN.2ClH/c2*11-9-3-1-2-7(4-9)10-5-8(10)6-12;;/h2*1-4,8,10H,5-6,12H2;2*1H/t2*8-,10-;;/m10../s1. The summed E-state index contributed by atoms with van der Waals surface area (Å²) in [4.78, 5) is 0. The topological polar surface area (TPSA) is 52.0 Å². The summed E-state index contributed by atoms with van der Waals surface area (Å²) in [5.41, 5.74) is 13.2. The van der Waals surface area contributed by atoms with Crippen LogP contribution in [-0.2, 0) is 0 Å². The van der Waals surface area contributed by atoms with Gasteiger partial charge in [-0.15, -0.1) is 24.8 Å². The fraction of sp³-hybridized carbons (Fsp3) is 0.400. The van der Waals surface area contributed by atoms with E-state index in [9.17, 15) is 8.78 Å². The average molecular weight is 403 g/mol. The third-order valence-electron chi connectivity index (χ3n) is 5.00. The molecule has 4 atom stereocenters. The molecule has 4 rings (SSSR count). The summed E-state index contributed by atoms with van der Waals surface area (Å²) in [6.45, 7) is 1.45. The van der Waals surface area contributed by atoms with Gasteiger partial charge in [0.25, 0.3) is 0 Å². The molecule has 0 unspecified atom stereocenters. The van der Waals surface area contributed by atoms with Crippen LogP contribution in [0.4, 0.5) is 8.78 Å². The second-order valence-corrected chi connectivity index (χ2v) is 6.79. The van der Waals surface area contributed by atoms with E-state index in [0.717, 1.165) is 37.1 Å². The van der Waals surface area contributed by atoms with Crippen molar-refractivity contribution in [2.45, 2.75) is 24.7 Å². The van der Waals surface area contributed by atoms with Crippen LogP contribution >= 0.6 is 24.8 Å². The zero-order valence-corrected chi connectivity index (χ0v) is 16.1. The van der Waals surface area contributed by atoms with Gasteiger partial charge in [0.2, 0.25) is 0 Å². The van der Waals surface area contributed by atoms with Crippen molar-refractivity contribution >= 4 is 24.8 Å². The molecule has 0 saturated heterocycles. The van der Waals surface area contributed by atoms with Crippen LogP contribution in [0, 0.1) is 23.5 Å². The van der Waals surface area contributed by atoms with E-state index in [2.05, 4.69) is 0 Å². The van der Waals surface area contributed by atoms with Gasteiger partial charge in [0.15, 0.2) is 0 Å². The minimum absolute atomic E-state index is 0. The predicted octanol–water partition coefficient (Wildman–Crippen LogP) is 4.62. The largest absolute Gasteiger partial charge is 0.330 e. The number of halogens is 4. The van der Waals surface area contributed by atoms with Gasteiger partial charge in [0.05, 0.1) is 0 Å². The molecule has 0 amide bonds. The van der Waals surface area contributed by atoms with Crippen molar-refractivity contribution in [2.24, 2.45) is 23.3 Å². The van der Waals surface area contributed by atoms with Crippen molar-refractivity contribution in [1.29, 1.82) is 0 Å². The van der Waals surface area contributed by atoms with Gasteiger partial charge in [-0.1, -0.05) is 24.3 Å². The van der Waals surface area contributed by atoms with E-state index >= 15 is 0 Å². The number of hydrogen-bond acceptors (Lipinski definition) is 2. The molecule has 2 nitrogen and oxygen atoms in total. The zero-order chi connectivity index (χ0) is 17.1. The number of nitrogens with two attached hydrogens (primary N) is 2. The van der Waals surface area contributed by atoms with Crippen LogP contribution in [0.5, 0.6) is 0 Å². The van der Waals surface area contributed by atoms with Crippen molar-refractivity contribution < 1.29 is 8.78 Å². The molecular weight excluding hydrogens is 377 g/mol. The molecule has 0 spiro atoms. The fourth-order valence-electron chi connectivity index (χ4n) is 3.31. The van der Waals surface area contributed by atoms with Gasteiger partial charge < -0.3 is 11.5 Å². The summed E-state index contributed by atoms with van der Waals surface area (Å²) >= 11 is 0. The van der Waals surface area contributed by atoms with Crippen LogP contribution in [0.2, 0.25) is 0 Å². The van der Waals surface area contributed by atoms with E-state index < -0.39 is 0 Å². The van der Waals surface area contributed by atoms with E-state index in [4.69, 9.17) is 11.5 Å². The van der Waals surface area contributed by atoms with Gasteiger partial charge in [-0.05, 0) is 85.0 Å². The molecule has 6 heteroatoms. The monoisotopic (exact) mass is 402 g/mol. The maximum Gasteiger partial charge on any atom is 0.123 e. The molecule has 144 valence electrons. The zero-order valence-electron chi connectivity index (χ0n) is 14.5. The first-order valence-corrected chi connectivity index (χ1v) is 8.53. The van der Waals surface area contributed by atoms with E-state index in [1.54, 1.807) is 24.3 Å². The quantitative estimate of drug-likeness (QED) is 0.783. The van der Waals surface area contributed by atoms with Crippen molar-refractivity contribution in [3.8, 4) is 0 Å². The second kappa shape index (κ2) is 10.2. The Morgan fingerprint density at radius 1 is 0.731 bits per heavy atom. The molecule has 2 fully saturated rings. The summed E-state index contributed by atoms with van der Waals surface area (Å²) in [6.07, 6.45) is 2.25.